The lowest BCUT2D eigenvalue weighted by molar-refractivity contribution is 0.0833. The molecule has 0 aromatic heterocycles. The Kier molecular flexibility index (Phi) is 6.59. The molecule has 0 bridgehead atoms. The lowest BCUT2D eigenvalue weighted by atomic mass is 9.97. The van der Waals surface area contributed by atoms with Crippen molar-refractivity contribution in [3.05, 3.63) is 64.5 Å². The van der Waals surface area contributed by atoms with Gasteiger partial charge in [-0.3, -0.25) is 4.79 Å². The van der Waals surface area contributed by atoms with Crippen LogP contribution in [-0.4, -0.2) is 40.5 Å². The zero-order valence-electron chi connectivity index (χ0n) is 13.7. The fourth-order valence-electron chi connectivity index (χ4n) is 2.39. The van der Waals surface area contributed by atoms with Gasteiger partial charge in [0.15, 0.2) is 11.6 Å². The molecule has 1 amide bonds. The second-order valence-electron chi connectivity index (χ2n) is 5.72. The van der Waals surface area contributed by atoms with Crippen LogP contribution in [0.2, 0.25) is 0 Å². The molecule has 5 nitrogen and oxygen atoms in total. The largest absolute Gasteiger partial charge is 0.508 e. The highest BCUT2D eigenvalue weighted by molar-refractivity contribution is 5.95. The Morgan fingerprint density at radius 1 is 1.12 bits per heavy atom. The van der Waals surface area contributed by atoms with E-state index in [1.807, 2.05) is 0 Å². The van der Waals surface area contributed by atoms with Crippen LogP contribution in [0.4, 0.5) is 13.2 Å². The van der Waals surface area contributed by atoms with E-state index in [0.717, 1.165) is 18.2 Å². The van der Waals surface area contributed by atoms with Crippen molar-refractivity contribution in [1.82, 2.24) is 5.32 Å². The maximum absolute atomic E-state index is 14.2. The van der Waals surface area contributed by atoms with Gasteiger partial charge in [-0.05, 0) is 30.2 Å². The lowest BCUT2D eigenvalue weighted by Crippen LogP contribution is -2.29. The van der Waals surface area contributed by atoms with Gasteiger partial charge in [0.1, 0.15) is 11.6 Å². The summed E-state index contributed by atoms with van der Waals surface area (Å²) in [5.41, 5.74) is -0.512. The molecular weight excluding hydrogens is 351 g/mol. The predicted molar refractivity (Wildman–Crippen MR) is 87.3 cm³/mol. The minimum atomic E-state index is -1.26. The van der Waals surface area contributed by atoms with Crippen LogP contribution in [0.15, 0.2) is 30.3 Å². The van der Waals surface area contributed by atoms with Gasteiger partial charge in [-0.2, -0.15) is 0 Å². The first-order chi connectivity index (χ1) is 12.3. The molecule has 2 aromatic rings. The first-order valence-electron chi connectivity index (χ1n) is 7.84. The number of amides is 1. The van der Waals surface area contributed by atoms with Gasteiger partial charge in [0, 0.05) is 30.2 Å². The zero-order valence-corrected chi connectivity index (χ0v) is 13.7. The van der Waals surface area contributed by atoms with Crippen LogP contribution < -0.4 is 5.32 Å². The molecule has 0 spiro atoms. The van der Waals surface area contributed by atoms with E-state index >= 15 is 0 Å². The van der Waals surface area contributed by atoms with E-state index < -0.39 is 42.5 Å². The number of phenols is 1. The Morgan fingerprint density at radius 3 is 2.50 bits per heavy atom. The molecule has 26 heavy (non-hydrogen) atoms. The average Bonchev–Trinajstić information content (AvgIpc) is 2.60. The van der Waals surface area contributed by atoms with Gasteiger partial charge in [-0.25, -0.2) is 13.2 Å². The molecule has 0 saturated heterocycles. The van der Waals surface area contributed by atoms with Crippen LogP contribution in [-0.2, 0) is 6.42 Å². The van der Waals surface area contributed by atoms with Gasteiger partial charge in [0.05, 0.1) is 12.7 Å². The lowest BCUT2D eigenvalue weighted by Gasteiger charge is -2.13. The zero-order chi connectivity index (χ0) is 19.3. The summed E-state index contributed by atoms with van der Waals surface area (Å²) in [7, 11) is 0. The molecule has 0 aliphatic carbocycles. The van der Waals surface area contributed by atoms with Crippen molar-refractivity contribution in [2.24, 2.45) is 0 Å². The van der Waals surface area contributed by atoms with E-state index in [0.29, 0.717) is 0 Å². The van der Waals surface area contributed by atoms with Gasteiger partial charge in [0.2, 0.25) is 0 Å². The molecule has 0 aliphatic rings. The maximum Gasteiger partial charge on any atom is 0.251 e. The number of hydrogen-bond donors (Lipinski definition) is 4. The van der Waals surface area contributed by atoms with Crippen molar-refractivity contribution < 1.29 is 33.3 Å². The Balaban J connectivity index is 2.27. The topological polar surface area (TPSA) is 89.8 Å². The number of phenolic OH excluding ortho intramolecular Hbond substituents is 1. The van der Waals surface area contributed by atoms with Crippen LogP contribution in [0.3, 0.4) is 0 Å². The summed E-state index contributed by atoms with van der Waals surface area (Å²) >= 11 is 0. The minimum absolute atomic E-state index is 0.00651. The number of carbonyl (C=O) groups excluding carboxylic acids is 1. The molecule has 2 aromatic carbocycles. The van der Waals surface area contributed by atoms with E-state index in [-0.39, 0.29) is 35.4 Å². The van der Waals surface area contributed by atoms with Crippen molar-refractivity contribution in [3.8, 4) is 5.75 Å². The van der Waals surface area contributed by atoms with Crippen molar-refractivity contribution >= 4 is 5.91 Å². The summed E-state index contributed by atoms with van der Waals surface area (Å²) < 4.78 is 41.7. The SMILES string of the molecule is O=C(NCC[C@H](O)CO)c1ccc(F)c(F)c1Cc1ccc(O)cc1F. The summed E-state index contributed by atoms with van der Waals surface area (Å²) in [5, 5.41) is 29.6. The van der Waals surface area contributed by atoms with E-state index in [1.165, 1.54) is 12.1 Å². The molecular formula is C18H18F3NO4. The Morgan fingerprint density at radius 2 is 1.85 bits per heavy atom. The number of benzene rings is 2. The molecule has 140 valence electrons. The maximum atomic E-state index is 14.2. The number of aliphatic hydroxyl groups excluding tert-OH is 2. The van der Waals surface area contributed by atoms with Gasteiger partial charge in [-0.15, -0.1) is 0 Å². The summed E-state index contributed by atoms with van der Waals surface area (Å²) in [6, 6.07) is 5.13. The molecule has 0 fully saturated rings. The predicted octanol–water partition coefficient (Wildman–Crippen LogP) is 1.87. The average molecular weight is 369 g/mol. The summed E-state index contributed by atoms with van der Waals surface area (Å²) in [4.78, 5) is 12.2. The van der Waals surface area contributed by atoms with Crippen LogP contribution in [0.25, 0.3) is 0 Å². The molecule has 0 heterocycles. The third kappa shape index (κ3) is 4.74. The minimum Gasteiger partial charge on any atom is -0.508 e. The number of aliphatic hydroxyl groups is 2. The molecule has 0 unspecified atom stereocenters. The fourth-order valence-corrected chi connectivity index (χ4v) is 2.39. The van der Waals surface area contributed by atoms with Crippen LogP contribution in [0.5, 0.6) is 5.75 Å². The van der Waals surface area contributed by atoms with Gasteiger partial charge in [-0.1, -0.05) is 6.07 Å². The van der Waals surface area contributed by atoms with E-state index in [2.05, 4.69) is 5.32 Å². The van der Waals surface area contributed by atoms with Gasteiger partial charge >= 0.3 is 0 Å². The Labute approximate surface area is 147 Å². The second-order valence-corrected chi connectivity index (χ2v) is 5.72. The van der Waals surface area contributed by atoms with Gasteiger partial charge < -0.3 is 20.6 Å². The fraction of sp³-hybridized carbons (Fsp3) is 0.278. The number of halogens is 3. The number of nitrogens with one attached hydrogen (secondary N) is 1. The highest BCUT2D eigenvalue weighted by Gasteiger charge is 2.20. The second kappa shape index (κ2) is 8.68. The Hall–Kier alpha value is -2.58. The molecule has 0 saturated carbocycles. The quantitative estimate of drug-likeness (QED) is 0.600. The number of aromatic hydroxyl groups is 1. The van der Waals surface area contributed by atoms with Crippen molar-refractivity contribution in [3.63, 3.8) is 0 Å². The third-order valence-corrected chi connectivity index (χ3v) is 3.82. The van der Waals surface area contributed by atoms with E-state index in [9.17, 15) is 28.2 Å². The Bertz CT molecular complexity index is 798. The smallest absolute Gasteiger partial charge is 0.251 e. The normalized spacial score (nSPS) is 12.0. The monoisotopic (exact) mass is 369 g/mol. The summed E-state index contributed by atoms with van der Waals surface area (Å²) in [6.07, 6.45) is -1.32. The number of carbonyl (C=O) groups is 1. The standard InChI is InChI=1S/C18H18F3NO4/c19-15-4-3-13(18(26)22-6-5-12(25)9-23)14(17(15)21)7-10-1-2-11(24)8-16(10)20/h1-4,8,12,23-25H,5-7,9H2,(H,22,26)/t12-/m0/s1. The summed E-state index contributed by atoms with van der Waals surface area (Å²) in [5.74, 6) is -4.28. The highest BCUT2D eigenvalue weighted by atomic mass is 19.2. The molecule has 0 radical (unpaired) electrons. The number of hydrogen-bond acceptors (Lipinski definition) is 4. The molecule has 0 aliphatic heterocycles. The summed E-state index contributed by atoms with van der Waals surface area (Å²) in [6.45, 7) is -0.459. The van der Waals surface area contributed by atoms with E-state index in [4.69, 9.17) is 5.11 Å². The van der Waals surface area contributed by atoms with Crippen LogP contribution in [0.1, 0.15) is 27.9 Å². The highest BCUT2D eigenvalue weighted by Crippen LogP contribution is 2.24. The van der Waals surface area contributed by atoms with Crippen molar-refractivity contribution in [2.75, 3.05) is 13.2 Å². The van der Waals surface area contributed by atoms with Gasteiger partial charge in [0.25, 0.3) is 5.91 Å². The number of rotatable bonds is 7. The molecule has 8 heteroatoms. The first kappa shape index (κ1) is 19.7. The first-order valence-corrected chi connectivity index (χ1v) is 7.84. The van der Waals surface area contributed by atoms with Crippen molar-refractivity contribution in [2.45, 2.75) is 18.9 Å². The van der Waals surface area contributed by atoms with E-state index in [1.54, 1.807) is 0 Å². The van der Waals surface area contributed by atoms with Crippen LogP contribution >= 0.6 is 0 Å². The molecule has 1 atom stereocenters. The van der Waals surface area contributed by atoms with Crippen LogP contribution in [0, 0.1) is 17.5 Å². The molecule has 4 N–H and O–H groups in total. The molecule has 2 rings (SSSR count). The van der Waals surface area contributed by atoms with Crippen molar-refractivity contribution in [1.29, 1.82) is 0 Å². The third-order valence-electron chi connectivity index (χ3n) is 3.82.